The minimum absolute atomic E-state index is 0.135. The number of ether oxygens (including phenoxy) is 1. The summed E-state index contributed by atoms with van der Waals surface area (Å²) in [5.41, 5.74) is -0.679. The Morgan fingerprint density at radius 2 is 2.00 bits per heavy atom. The monoisotopic (exact) mass is 243 g/mol. The highest BCUT2D eigenvalue weighted by molar-refractivity contribution is 5.78. The number of hydrogen-bond acceptors (Lipinski definition) is 3. The molecule has 0 aromatic rings. The van der Waals surface area contributed by atoms with Gasteiger partial charge in [0.1, 0.15) is 5.54 Å². The van der Waals surface area contributed by atoms with E-state index < -0.39 is 11.5 Å². The third-order valence-electron chi connectivity index (χ3n) is 3.57. The molecule has 1 rings (SSSR count). The summed E-state index contributed by atoms with van der Waals surface area (Å²) in [4.78, 5) is 13.8. The lowest BCUT2D eigenvalue weighted by Gasteiger charge is -2.44. The van der Waals surface area contributed by atoms with Crippen molar-refractivity contribution in [2.75, 3.05) is 19.7 Å². The highest BCUT2D eigenvalue weighted by Gasteiger charge is 2.43. The van der Waals surface area contributed by atoms with Crippen LogP contribution < -0.4 is 0 Å². The lowest BCUT2D eigenvalue weighted by atomic mass is 9.86. The molecule has 0 bridgehead atoms. The average molecular weight is 243 g/mol. The molecular weight excluding hydrogens is 218 g/mol. The number of rotatable bonds is 6. The number of aliphatic carboxylic acids is 1. The molecule has 1 heterocycles. The first kappa shape index (κ1) is 14.5. The van der Waals surface area contributed by atoms with E-state index in [2.05, 4.69) is 18.7 Å². The lowest BCUT2D eigenvalue weighted by Crippen LogP contribution is -2.59. The van der Waals surface area contributed by atoms with E-state index in [1.807, 2.05) is 6.92 Å². The Labute approximate surface area is 104 Å². The van der Waals surface area contributed by atoms with E-state index in [0.717, 1.165) is 38.8 Å². The summed E-state index contributed by atoms with van der Waals surface area (Å²) in [6.45, 7) is 8.22. The van der Waals surface area contributed by atoms with E-state index in [1.165, 1.54) is 0 Å². The molecule has 100 valence electrons. The minimum Gasteiger partial charge on any atom is -0.480 e. The maximum absolute atomic E-state index is 11.7. The van der Waals surface area contributed by atoms with E-state index in [0.29, 0.717) is 6.61 Å². The summed E-state index contributed by atoms with van der Waals surface area (Å²) in [7, 11) is 0. The first-order valence-corrected chi connectivity index (χ1v) is 6.67. The van der Waals surface area contributed by atoms with E-state index in [-0.39, 0.29) is 6.10 Å². The summed E-state index contributed by atoms with van der Waals surface area (Å²) in [6.07, 6.45) is 3.39. The van der Waals surface area contributed by atoms with Gasteiger partial charge in [0.15, 0.2) is 0 Å². The SMILES string of the molecule is CCCC(CCC)(C(=O)O)N1CCOC(C)C1. The van der Waals surface area contributed by atoms with Crippen LogP contribution >= 0.6 is 0 Å². The van der Waals surface area contributed by atoms with E-state index in [9.17, 15) is 9.90 Å². The Kier molecular flexibility index (Phi) is 5.40. The van der Waals surface area contributed by atoms with Gasteiger partial charge in [0.2, 0.25) is 0 Å². The summed E-state index contributed by atoms with van der Waals surface area (Å²) < 4.78 is 5.50. The molecule has 1 fully saturated rings. The zero-order valence-electron chi connectivity index (χ0n) is 11.2. The van der Waals surface area contributed by atoms with Gasteiger partial charge in [-0.3, -0.25) is 9.69 Å². The van der Waals surface area contributed by atoms with Gasteiger partial charge in [-0.15, -0.1) is 0 Å². The van der Waals surface area contributed by atoms with Crippen LogP contribution in [-0.2, 0) is 9.53 Å². The molecule has 1 aliphatic heterocycles. The van der Waals surface area contributed by atoms with Crippen molar-refractivity contribution < 1.29 is 14.6 Å². The molecule has 0 amide bonds. The number of nitrogens with zero attached hydrogens (tertiary/aromatic N) is 1. The second kappa shape index (κ2) is 6.36. The summed E-state index contributed by atoms with van der Waals surface area (Å²) >= 11 is 0. The van der Waals surface area contributed by atoms with Crippen molar-refractivity contribution in [3.63, 3.8) is 0 Å². The second-order valence-corrected chi connectivity index (χ2v) is 4.96. The number of hydrogen-bond donors (Lipinski definition) is 1. The summed E-state index contributed by atoms with van der Waals surface area (Å²) in [5.74, 6) is -0.671. The van der Waals surface area contributed by atoms with E-state index in [1.54, 1.807) is 0 Å². The third-order valence-corrected chi connectivity index (χ3v) is 3.57. The normalized spacial score (nSPS) is 22.6. The highest BCUT2D eigenvalue weighted by Crippen LogP contribution is 2.29. The number of carboxylic acid groups (broad SMARTS) is 1. The Morgan fingerprint density at radius 3 is 2.41 bits per heavy atom. The molecule has 0 radical (unpaired) electrons. The van der Waals surface area contributed by atoms with Crippen LogP contribution in [0.4, 0.5) is 0 Å². The van der Waals surface area contributed by atoms with Crippen molar-refractivity contribution in [2.45, 2.75) is 58.1 Å². The van der Waals surface area contributed by atoms with Gasteiger partial charge in [0.05, 0.1) is 12.7 Å². The molecular formula is C13H25NO3. The quantitative estimate of drug-likeness (QED) is 0.776. The Bertz CT molecular complexity index is 249. The molecule has 0 aromatic carbocycles. The summed E-state index contributed by atoms with van der Waals surface area (Å²) in [5, 5.41) is 9.64. The lowest BCUT2D eigenvalue weighted by molar-refractivity contribution is -0.159. The fourth-order valence-electron chi connectivity index (χ4n) is 2.82. The third kappa shape index (κ3) is 3.19. The molecule has 4 nitrogen and oxygen atoms in total. The standard InChI is InChI=1S/C13H25NO3/c1-4-6-13(7-5-2,12(15)16)14-8-9-17-11(3)10-14/h11H,4-10H2,1-3H3,(H,15,16). The molecule has 1 unspecified atom stereocenters. The second-order valence-electron chi connectivity index (χ2n) is 4.96. The van der Waals surface area contributed by atoms with E-state index >= 15 is 0 Å². The van der Waals surface area contributed by atoms with Gasteiger partial charge in [0.25, 0.3) is 0 Å². The van der Waals surface area contributed by atoms with Gasteiger partial charge in [-0.05, 0) is 19.8 Å². The smallest absolute Gasteiger partial charge is 0.324 e. The van der Waals surface area contributed by atoms with Gasteiger partial charge in [-0.1, -0.05) is 26.7 Å². The van der Waals surface area contributed by atoms with Crippen LogP contribution in [0.3, 0.4) is 0 Å². The van der Waals surface area contributed by atoms with Crippen LogP contribution in [0, 0.1) is 0 Å². The number of carbonyl (C=O) groups is 1. The predicted octanol–water partition coefficient (Wildman–Crippen LogP) is 2.13. The van der Waals surface area contributed by atoms with Gasteiger partial charge >= 0.3 is 5.97 Å². The minimum atomic E-state index is -0.679. The average Bonchev–Trinajstić information content (AvgIpc) is 2.28. The van der Waals surface area contributed by atoms with Crippen LogP contribution in [-0.4, -0.2) is 47.3 Å². The summed E-state index contributed by atoms with van der Waals surface area (Å²) in [6, 6.07) is 0. The first-order chi connectivity index (χ1) is 8.06. The zero-order valence-corrected chi connectivity index (χ0v) is 11.2. The molecule has 0 spiro atoms. The van der Waals surface area contributed by atoms with Gasteiger partial charge in [-0.25, -0.2) is 0 Å². The first-order valence-electron chi connectivity index (χ1n) is 6.67. The number of carboxylic acids is 1. The molecule has 1 saturated heterocycles. The van der Waals surface area contributed by atoms with Crippen LogP contribution in [0.2, 0.25) is 0 Å². The van der Waals surface area contributed by atoms with Crippen LogP contribution in [0.25, 0.3) is 0 Å². The van der Waals surface area contributed by atoms with Gasteiger partial charge in [-0.2, -0.15) is 0 Å². The van der Waals surface area contributed by atoms with Gasteiger partial charge < -0.3 is 9.84 Å². The molecule has 17 heavy (non-hydrogen) atoms. The molecule has 0 saturated carbocycles. The fourth-order valence-corrected chi connectivity index (χ4v) is 2.82. The van der Waals surface area contributed by atoms with Crippen molar-refractivity contribution in [2.24, 2.45) is 0 Å². The zero-order chi connectivity index (χ0) is 12.9. The molecule has 1 N–H and O–H groups in total. The topological polar surface area (TPSA) is 49.8 Å². The van der Waals surface area contributed by atoms with Crippen LogP contribution in [0.1, 0.15) is 46.5 Å². The van der Waals surface area contributed by atoms with Crippen LogP contribution in [0.5, 0.6) is 0 Å². The molecule has 0 aromatic heterocycles. The van der Waals surface area contributed by atoms with Crippen molar-refractivity contribution in [3.8, 4) is 0 Å². The fraction of sp³-hybridized carbons (Fsp3) is 0.923. The largest absolute Gasteiger partial charge is 0.480 e. The van der Waals surface area contributed by atoms with Crippen molar-refractivity contribution in [1.82, 2.24) is 4.90 Å². The maximum Gasteiger partial charge on any atom is 0.324 e. The van der Waals surface area contributed by atoms with Crippen LogP contribution in [0.15, 0.2) is 0 Å². The van der Waals surface area contributed by atoms with Crippen molar-refractivity contribution >= 4 is 5.97 Å². The molecule has 4 heteroatoms. The maximum atomic E-state index is 11.7. The molecule has 1 aliphatic rings. The Morgan fingerprint density at radius 1 is 1.41 bits per heavy atom. The molecule has 1 atom stereocenters. The van der Waals surface area contributed by atoms with E-state index in [4.69, 9.17) is 4.74 Å². The van der Waals surface area contributed by atoms with Gasteiger partial charge in [0, 0.05) is 13.1 Å². The van der Waals surface area contributed by atoms with Crippen molar-refractivity contribution in [1.29, 1.82) is 0 Å². The Balaban J connectivity index is 2.89. The Hall–Kier alpha value is -0.610. The molecule has 0 aliphatic carbocycles. The predicted molar refractivity (Wildman–Crippen MR) is 67.2 cm³/mol. The highest BCUT2D eigenvalue weighted by atomic mass is 16.5. The van der Waals surface area contributed by atoms with Crippen molar-refractivity contribution in [3.05, 3.63) is 0 Å². The number of morpholine rings is 1.